The van der Waals surface area contributed by atoms with Crippen molar-refractivity contribution in [1.29, 1.82) is 0 Å². The second-order valence-corrected chi connectivity index (χ2v) is 10.8. The molecule has 2 saturated heterocycles. The van der Waals surface area contributed by atoms with E-state index in [1.54, 1.807) is 23.4 Å². The van der Waals surface area contributed by atoms with Crippen LogP contribution in [-0.4, -0.2) is 101 Å². The molecule has 2 fully saturated rings. The van der Waals surface area contributed by atoms with E-state index in [2.05, 4.69) is 38.6 Å². The number of ether oxygens (including phenoxy) is 1. The molecule has 218 valence electrons. The fraction of sp³-hybridized carbons (Fsp3) is 0.355. The van der Waals surface area contributed by atoms with Gasteiger partial charge in [0.15, 0.2) is 5.65 Å². The van der Waals surface area contributed by atoms with E-state index in [-0.39, 0.29) is 11.9 Å². The van der Waals surface area contributed by atoms with Crippen molar-refractivity contribution in [2.24, 2.45) is 0 Å². The molecule has 3 amide bonds. The van der Waals surface area contributed by atoms with Crippen LogP contribution < -0.4 is 10.6 Å². The van der Waals surface area contributed by atoms with Gasteiger partial charge in [-0.25, -0.2) is 14.8 Å². The summed E-state index contributed by atoms with van der Waals surface area (Å²) in [5.41, 5.74) is 5.81. The molecule has 2 N–H and O–H groups in total. The Balaban J connectivity index is 1.23. The van der Waals surface area contributed by atoms with Gasteiger partial charge in [-0.2, -0.15) is 0 Å². The van der Waals surface area contributed by atoms with Crippen molar-refractivity contribution in [3.8, 4) is 11.1 Å². The first-order valence-corrected chi connectivity index (χ1v) is 14.4. The first-order chi connectivity index (χ1) is 20.5. The van der Waals surface area contributed by atoms with Gasteiger partial charge in [0.1, 0.15) is 5.82 Å². The van der Waals surface area contributed by atoms with Crippen LogP contribution in [0.4, 0.5) is 22.0 Å². The van der Waals surface area contributed by atoms with Gasteiger partial charge in [-0.1, -0.05) is 12.1 Å². The summed E-state index contributed by atoms with van der Waals surface area (Å²) in [7, 11) is 2.09. The molecule has 0 bridgehead atoms. The third-order valence-corrected chi connectivity index (χ3v) is 7.95. The summed E-state index contributed by atoms with van der Waals surface area (Å²) in [5, 5.41) is 6.53. The van der Waals surface area contributed by atoms with Crippen molar-refractivity contribution in [2.45, 2.75) is 13.3 Å². The zero-order chi connectivity index (χ0) is 29.1. The molecule has 11 heteroatoms. The topological polar surface area (TPSA) is 107 Å². The van der Waals surface area contributed by atoms with Gasteiger partial charge in [0, 0.05) is 68.8 Å². The Morgan fingerprint density at radius 3 is 2.60 bits per heavy atom. The van der Waals surface area contributed by atoms with Gasteiger partial charge in [-0.15, -0.1) is 0 Å². The van der Waals surface area contributed by atoms with E-state index in [0.29, 0.717) is 44.2 Å². The fourth-order valence-corrected chi connectivity index (χ4v) is 5.48. The minimum absolute atomic E-state index is 0.0411. The number of urea groups is 1. The van der Waals surface area contributed by atoms with Gasteiger partial charge >= 0.3 is 6.03 Å². The number of morpholine rings is 1. The van der Waals surface area contributed by atoms with Gasteiger partial charge < -0.3 is 34.5 Å². The van der Waals surface area contributed by atoms with Gasteiger partial charge in [-0.3, -0.25) is 4.79 Å². The van der Waals surface area contributed by atoms with Gasteiger partial charge in [0.25, 0.3) is 5.91 Å². The molecule has 0 unspecified atom stereocenters. The monoisotopic (exact) mass is 568 g/mol. The molecule has 42 heavy (non-hydrogen) atoms. The lowest BCUT2D eigenvalue weighted by molar-refractivity contribution is 0.0302. The maximum absolute atomic E-state index is 13.1. The van der Waals surface area contributed by atoms with E-state index >= 15 is 0 Å². The van der Waals surface area contributed by atoms with Crippen molar-refractivity contribution in [3.05, 3.63) is 72.3 Å². The fourth-order valence-electron chi connectivity index (χ4n) is 5.48. The minimum atomic E-state index is -0.0698. The van der Waals surface area contributed by atoms with Crippen LogP contribution in [0.5, 0.6) is 0 Å². The Bertz CT molecular complexity index is 1580. The number of nitrogens with one attached hydrogen (secondary N) is 2. The summed E-state index contributed by atoms with van der Waals surface area (Å²) < 4.78 is 7.32. The highest BCUT2D eigenvalue weighted by Gasteiger charge is 2.20. The molecular formula is C31H36N8O3. The molecule has 11 nitrogen and oxygen atoms in total. The Morgan fingerprint density at radius 2 is 1.79 bits per heavy atom. The van der Waals surface area contributed by atoms with Crippen LogP contribution in [-0.2, 0) is 4.74 Å². The lowest BCUT2D eigenvalue weighted by Crippen LogP contribution is -2.40. The summed E-state index contributed by atoms with van der Waals surface area (Å²) in [5.74, 6) is 0.567. The van der Waals surface area contributed by atoms with Crippen molar-refractivity contribution < 1.29 is 14.3 Å². The van der Waals surface area contributed by atoms with E-state index in [1.807, 2.05) is 52.9 Å². The minimum Gasteiger partial charge on any atom is -0.378 e. The molecule has 0 saturated carbocycles. The molecule has 0 aliphatic carbocycles. The Morgan fingerprint density at radius 1 is 0.929 bits per heavy atom. The number of anilines is 3. The smallest absolute Gasteiger partial charge is 0.321 e. The van der Waals surface area contributed by atoms with Crippen molar-refractivity contribution in [3.63, 3.8) is 0 Å². The summed E-state index contributed by atoms with van der Waals surface area (Å²) in [6.45, 7) is 7.64. The van der Waals surface area contributed by atoms with E-state index in [0.717, 1.165) is 59.8 Å². The van der Waals surface area contributed by atoms with Crippen LogP contribution >= 0.6 is 0 Å². The average molecular weight is 569 g/mol. The number of imidazole rings is 1. The molecule has 0 radical (unpaired) electrons. The molecule has 2 aliphatic rings. The van der Waals surface area contributed by atoms with Gasteiger partial charge in [-0.05, 0) is 62.3 Å². The summed E-state index contributed by atoms with van der Waals surface area (Å²) in [6, 6.07) is 11.5. The number of nitrogens with zero attached hydrogens (tertiary/aromatic N) is 6. The molecule has 0 spiro atoms. The van der Waals surface area contributed by atoms with Gasteiger partial charge in [0.2, 0.25) is 0 Å². The normalized spacial score (nSPS) is 16.3. The number of hydrogen-bond donors (Lipinski definition) is 2. The number of carbonyl (C=O) groups excluding carboxylic acids is 2. The molecule has 4 aromatic rings. The predicted octanol–water partition coefficient (Wildman–Crippen LogP) is 4.09. The van der Waals surface area contributed by atoms with E-state index in [1.165, 1.54) is 0 Å². The van der Waals surface area contributed by atoms with Crippen LogP contribution in [0.3, 0.4) is 0 Å². The first-order valence-electron chi connectivity index (χ1n) is 14.4. The molecular weight excluding hydrogens is 532 g/mol. The summed E-state index contributed by atoms with van der Waals surface area (Å²) >= 11 is 0. The van der Waals surface area contributed by atoms with Crippen LogP contribution in [0.25, 0.3) is 16.8 Å². The molecule has 1 aromatic carbocycles. The molecule has 3 aromatic heterocycles. The number of aromatic nitrogens is 3. The number of likely N-dealkylation sites (N-methyl/N-ethyl adjacent to an activating group) is 1. The number of pyridine rings is 2. The lowest BCUT2D eigenvalue weighted by Gasteiger charge is -2.26. The van der Waals surface area contributed by atoms with Crippen LogP contribution in [0.1, 0.15) is 22.3 Å². The third-order valence-electron chi connectivity index (χ3n) is 7.95. The van der Waals surface area contributed by atoms with Crippen LogP contribution in [0, 0.1) is 6.92 Å². The largest absolute Gasteiger partial charge is 0.378 e. The second kappa shape index (κ2) is 12.2. The highest BCUT2D eigenvalue weighted by atomic mass is 16.5. The average Bonchev–Trinajstić information content (AvgIpc) is 3.39. The Kier molecular flexibility index (Phi) is 8.02. The predicted molar refractivity (Wildman–Crippen MR) is 162 cm³/mol. The van der Waals surface area contributed by atoms with Crippen LogP contribution in [0.15, 0.2) is 61.2 Å². The SMILES string of the molecule is Cc1c(NC(=O)N2CCCN(C)CC2)cccc1-c1cc(Nc2ccc(C(=O)N3CCOCC3)cn2)c2nccn2c1. The summed E-state index contributed by atoms with van der Waals surface area (Å²) in [6.07, 6.45) is 8.25. The molecule has 5 heterocycles. The summed E-state index contributed by atoms with van der Waals surface area (Å²) in [4.78, 5) is 40.9. The zero-order valence-corrected chi connectivity index (χ0v) is 24.0. The Labute approximate surface area is 245 Å². The van der Waals surface area contributed by atoms with E-state index < -0.39 is 0 Å². The lowest BCUT2D eigenvalue weighted by atomic mass is 10.00. The number of carbonyl (C=O) groups is 2. The number of fused-ring (bicyclic) bond motifs is 1. The first kappa shape index (κ1) is 27.7. The van der Waals surface area contributed by atoms with Crippen LogP contribution in [0.2, 0.25) is 0 Å². The zero-order valence-electron chi connectivity index (χ0n) is 24.0. The number of rotatable bonds is 5. The van der Waals surface area contributed by atoms with E-state index in [9.17, 15) is 9.59 Å². The van der Waals surface area contributed by atoms with Crippen molar-refractivity contribution in [1.82, 2.24) is 29.1 Å². The molecule has 0 atom stereocenters. The standard InChI is InChI=1S/C31H36N8O3/c1-22-25(5-3-6-26(22)35-31(41)38-11-4-10-36(2)13-14-38)24-19-27(29-32-9-12-39(29)21-24)34-28-8-7-23(20-33-28)30(40)37-15-17-42-18-16-37/h3,5-9,12,19-21H,4,10-11,13-18H2,1-2H3,(H,33,34)(H,35,41). The van der Waals surface area contributed by atoms with E-state index in [4.69, 9.17) is 4.74 Å². The number of benzene rings is 1. The second-order valence-electron chi connectivity index (χ2n) is 10.8. The maximum Gasteiger partial charge on any atom is 0.321 e. The van der Waals surface area contributed by atoms with Gasteiger partial charge in [0.05, 0.1) is 24.5 Å². The number of hydrogen-bond acceptors (Lipinski definition) is 7. The highest BCUT2D eigenvalue weighted by Crippen LogP contribution is 2.32. The Hall–Kier alpha value is -4.48. The number of amides is 3. The third kappa shape index (κ3) is 5.93. The molecule has 2 aliphatic heterocycles. The maximum atomic E-state index is 13.1. The highest BCUT2D eigenvalue weighted by molar-refractivity contribution is 5.94. The molecule has 6 rings (SSSR count). The van der Waals surface area contributed by atoms with Crippen molar-refractivity contribution >= 4 is 34.8 Å². The van der Waals surface area contributed by atoms with Crippen molar-refractivity contribution in [2.75, 3.05) is 70.2 Å². The quantitative estimate of drug-likeness (QED) is 0.374.